The van der Waals surface area contributed by atoms with Crippen LogP contribution in [0, 0.1) is 0 Å². The lowest BCUT2D eigenvalue weighted by Crippen LogP contribution is -2.27. The molecule has 1 fully saturated rings. The second-order valence-electron chi connectivity index (χ2n) is 5.45. The van der Waals surface area contributed by atoms with Crippen LogP contribution in [-0.2, 0) is 13.6 Å². The van der Waals surface area contributed by atoms with Gasteiger partial charge < -0.3 is 5.32 Å². The highest BCUT2D eigenvalue weighted by atomic mass is 15.3. The standard InChI is InChI=1S/C14H22N6/c1-4-7-20(10-5-6-10)9-12-17-13(15-2)11-8-16-19(3)14(11)18-12/h8,10H,4-7,9H2,1-3H3,(H,15,17,18). The highest BCUT2D eigenvalue weighted by Crippen LogP contribution is 2.28. The molecule has 0 aromatic carbocycles. The number of nitrogens with one attached hydrogen (secondary N) is 1. The van der Waals surface area contributed by atoms with Crippen molar-refractivity contribution in [2.75, 3.05) is 18.9 Å². The van der Waals surface area contributed by atoms with Crippen LogP contribution in [0.25, 0.3) is 11.0 Å². The van der Waals surface area contributed by atoms with Gasteiger partial charge in [0.2, 0.25) is 0 Å². The second-order valence-corrected chi connectivity index (χ2v) is 5.45. The van der Waals surface area contributed by atoms with E-state index in [9.17, 15) is 0 Å². The fourth-order valence-electron chi connectivity index (χ4n) is 2.63. The van der Waals surface area contributed by atoms with Crippen molar-refractivity contribution in [1.29, 1.82) is 0 Å². The maximum atomic E-state index is 4.68. The lowest BCUT2D eigenvalue weighted by Gasteiger charge is -2.20. The van der Waals surface area contributed by atoms with Crippen molar-refractivity contribution in [3.05, 3.63) is 12.0 Å². The molecule has 1 saturated carbocycles. The van der Waals surface area contributed by atoms with Gasteiger partial charge >= 0.3 is 0 Å². The highest BCUT2D eigenvalue weighted by Gasteiger charge is 2.29. The second kappa shape index (κ2) is 5.36. The van der Waals surface area contributed by atoms with E-state index in [1.165, 1.54) is 19.3 Å². The molecule has 0 bridgehead atoms. The van der Waals surface area contributed by atoms with Crippen molar-refractivity contribution in [3.8, 4) is 0 Å². The Bertz CT molecular complexity index is 601. The molecule has 0 unspecified atom stereocenters. The third-order valence-electron chi connectivity index (χ3n) is 3.79. The molecule has 1 aliphatic rings. The summed E-state index contributed by atoms with van der Waals surface area (Å²) in [6.45, 7) is 4.17. The molecule has 2 heterocycles. The minimum atomic E-state index is 0.735. The van der Waals surface area contributed by atoms with E-state index in [0.29, 0.717) is 0 Å². The minimum Gasteiger partial charge on any atom is -0.372 e. The van der Waals surface area contributed by atoms with Gasteiger partial charge in [-0.05, 0) is 25.8 Å². The van der Waals surface area contributed by atoms with E-state index in [2.05, 4.69) is 32.2 Å². The molecule has 2 aromatic heterocycles. The van der Waals surface area contributed by atoms with Gasteiger partial charge in [0.05, 0.1) is 18.1 Å². The SMILES string of the molecule is CCCN(Cc1nc(NC)c2cnn(C)c2n1)C1CC1. The first-order valence-electron chi connectivity index (χ1n) is 7.33. The minimum absolute atomic E-state index is 0.735. The number of rotatable bonds is 6. The largest absolute Gasteiger partial charge is 0.372 e. The Balaban J connectivity index is 1.92. The maximum Gasteiger partial charge on any atom is 0.163 e. The zero-order valence-corrected chi connectivity index (χ0v) is 12.4. The fourth-order valence-corrected chi connectivity index (χ4v) is 2.63. The molecule has 0 atom stereocenters. The summed E-state index contributed by atoms with van der Waals surface area (Å²) in [5.74, 6) is 1.75. The van der Waals surface area contributed by atoms with Gasteiger partial charge in [0.1, 0.15) is 11.6 Å². The van der Waals surface area contributed by atoms with E-state index in [1.807, 2.05) is 25.0 Å². The van der Waals surface area contributed by atoms with E-state index in [-0.39, 0.29) is 0 Å². The average molecular weight is 274 g/mol. The number of fused-ring (bicyclic) bond motifs is 1. The molecule has 0 amide bonds. The van der Waals surface area contributed by atoms with Crippen LogP contribution in [0.5, 0.6) is 0 Å². The van der Waals surface area contributed by atoms with Gasteiger partial charge in [-0.1, -0.05) is 6.92 Å². The van der Waals surface area contributed by atoms with Gasteiger partial charge in [0.15, 0.2) is 5.65 Å². The third-order valence-corrected chi connectivity index (χ3v) is 3.79. The third kappa shape index (κ3) is 2.47. The van der Waals surface area contributed by atoms with Crippen LogP contribution >= 0.6 is 0 Å². The molecular formula is C14H22N6. The lowest BCUT2D eigenvalue weighted by atomic mass is 10.3. The zero-order valence-electron chi connectivity index (χ0n) is 12.4. The molecule has 108 valence electrons. The van der Waals surface area contributed by atoms with Crippen LogP contribution in [0.15, 0.2) is 6.20 Å². The van der Waals surface area contributed by atoms with Crippen molar-refractivity contribution in [2.24, 2.45) is 7.05 Å². The van der Waals surface area contributed by atoms with Crippen molar-refractivity contribution in [1.82, 2.24) is 24.6 Å². The summed E-state index contributed by atoms with van der Waals surface area (Å²) in [7, 11) is 3.81. The van der Waals surface area contributed by atoms with E-state index in [0.717, 1.165) is 41.8 Å². The molecule has 6 nitrogen and oxygen atoms in total. The predicted octanol–water partition coefficient (Wildman–Crippen LogP) is 1.78. The first-order valence-corrected chi connectivity index (χ1v) is 7.33. The molecule has 0 spiro atoms. The van der Waals surface area contributed by atoms with Crippen molar-refractivity contribution in [2.45, 2.75) is 38.8 Å². The van der Waals surface area contributed by atoms with Gasteiger partial charge in [-0.2, -0.15) is 5.10 Å². The molecule has 6 heteroatoms. The molecule has 2 aromatic rings. The smallest absolute Gasteiger partial charge is 0.163 e. The van der Waals surface area contributed by atoms with Gasteiger partial charge in [-0.25, -0.2) is 9.97 Å². The first-order chi connectivity index (χ1) is 9.72. The van der Waals surface area contributed by atoms with Crippen LogP contribution in [0.3, 0.4) is 0 Å². The summed E-state index contributed by atoms with van der Waals surface area (Å²) < 4.78 is 1.81. The molecule has 3 rings (SSSR count). The van der Waals surface area contributed by atoms with Gasteiger partial charge in [0.25, 0.3) is 0 Å². The molecule has 0 radical (unpaired) electrons. The van der Waals surface area contributed by atoms with Gasteiger partial charge in [-0.3, -0.25) is 9.58 Å². The number of anilines is 1. The lowest BCUT2D eigenvalue weighted by molar-refractivity contribution is 0.249. The van der Waals surface area contributed by atoms with Crippen molar-refractivity contribution in [3.63, 3.8) is 0 Å². The Morgan fingerprint density at radius 3 is 2.85 bits per heavy atom. The van der Waals surface area contributed by atoms with E-state index in [1.54, 1.807) is 0 Å². The summed E-state index contributed by atoms with van der Waals surface area (Å²) in [5.41, 5.74) is 0.895. The predicted molar refractivity (Wildman–Crippen MR) is 79.6 cm³/mol. The van der Waals surface area contributed by atoms with Crippen LogP contribution in [-0.4, -0.2) is 44.3 Å². The Morgan fingerprint density at radius 1 is 1.40 bits per heavy atom. The number of hydrogen-bond acceptors (Lipinski definition) is 5. The van der Waals surface area contributed by atoms with E-state index < -0.39 is 0 Å². The fraction of sp³-hybridized carbons (Fsp3) is 0.643. The normalized spacial score (nSPS) is 15.2. The zero-order chi connectivity index (χ0) is 14.1. The highest BCUT2D eigenvalue weighted by molar-refractivity contribution is 5.86. The average Bonchev–Trinajstić information content (AvgIpc) is 3.23. The van der Waals surface area contributed by atoms with E-state index >= 15 is 0 Å². The molecule has 0 aliphatic heterocycles. The maximum absolute atomic E-state index is 4.68. The number of aromatic nitrogens is 4. The summed E-state index contributed by atoms with van der Waals surface area (Å²) >= 11 is 0. The summed E-state index contributed by atoms with van der Waals surface area (Å²) in [5, 5.41) is 8.40. The monoisotopic (exact) mass is 274 g/mol. The van der Waals surface area contributed by atoms with Crippen LogP contribution in [0.2, 0.25) is 0 Å². The summed E-state index contributed by atoms with van der Waals surface area (Å²) in [6.07, 6.45) is 5.61. The molecule has 0 saturated heterocycles. The summed E-state index contributed by atoms with van der Waals surface area (Å²) in [6, 6.07) is 0.735. The quantitative estimate of drug-likeness (QED) is 0.870. The molecule has 1 aliphatic carbocycles. The topological polar surface area (TPSA) is 58.9 Å². The number of hydrogen-bond donors (Lipinski definition) is 1. The number of aryl methyl sites for hydroxylation is 1. The molecule has 1 N–H and O–H groups in total. The van der Waals surface area contributed by atoms with Crippen LogP contribution in [0.1, 0.15) is 32.0 Å². The van der Waals surface area contributed by atoms with Gasteiger partial charge in [-0.15, -0.1) is 0 Å². The Labute approximate surface area is 119 Å². The molecular weight excluding hydrogens is 252 g/mol. The van der Waals surface area contributed by atoms with Crippen molar-refractivity contribution >= 4 is 16.9 Å². The Kier molecular flexibility index (Phi) is 3.56. The van der Waals surface area contributed by atoms with Crippen LogP contribution < -0.4 is 5.32 Å². The molecule has 20 heavy (non-hydrogen) atoms. The Hall–Kier alpha value is -1.69. The Morgan fingerprint density at radius 2 is 2.20 bits per heavy atom. The summed E-state index contributed by atoms with van der Waals surface area (Å²) in [4.78, 5) is 11.8. The first kappa shape index (κ1) is 13.3. The number of nitrogens with zero attached hydrogens (tertiary/aromatic N) is 5. The van der Waals surface area contributed by atoms with Crippen molar-refractivity contribution < 1.29 is 0 Å². The van der Waals surface area contributed by atoms with Crippen LogP contribution in [0.4, 0.5) is 5.82 Å². The van der Waals surface area contributed by atoms with E-state index in [4.69, 9.17) is 0 Å². The van der Waals surface area contributed by atoms with Gasteiger partial charge in [0, 0.05) is 20.1 Å².